The Hall–Kier alpha value is -1.76. The van der Waals surface area contributed by atoms with Gasteiger partial charge in [0.25, 0.3) is 0 Å². The largest absolute Gasteiger partial charge is 0.368 e. The average molecular weight is 367 g/mol. The lowest BCUT2D eigenvalue weighted by Crippen LogP contribution is -2.49. The van der Waals surface area contributed by atoms with Crippen LogP contribution in [0.4, 0.5) is 10.1 Å². The first-order valence-corrected chi connectivity index (χ1v) is 9.88. The maximum Gasteiger partial charge on any atom is 0.224 e. The quantitative estimate of drug-likeness (QED) is 0.715. The van der Waals surface area contributed by atoms with E-state index in [4.69, 9.17) is 0 Å². The van der Waals surface area contributed by atoms with E-state index in [1.807, 2.05) is 4.90 Å². The molecule has 2 rings (SSSR count). The molecule has 1 saturated heterocycles. The van der Waals surface area contributed by atoms with E-state index < -0.39 is 0 Å². The van der Waals surface area contributed by atoms with Crippen molar-refractivity contribution in [2.45, 2.75) is 19.8 Å². The van der Waals surface area contributed by atoms with Gasteiger partial charge in [0.2, 0.25) is 11.8 Å². The van der Waals surface area contributed by atoms with Gasteiger partial charge >= 0.3 is 0 Å². The number of piperazine rings is 1. The third-order valence-corrected chi connectivity index (χ3v) is 5.06. The molecule has 0 aromatic heterocycles. The third kappa shape index (κ3) is 6.57. The monoisotopic (exact) mass is 367 g/mol. The summed E-state index contributed by atoms with van der Waals surface area (Å²) in [5.41, 5.74) is 0.978. The van der Waals surface area contributed by atoms with Gasteiger partial charge in [0.15, 0.2) is 0 Å². The highest BCUT2D eigenvalue weighted by atomic mass is 32.2. The number of carbonyl (C=O) groups is 2. The van der Waals surface area contributed by atoms with Crippen molar-refractivity contribution in [2.75, 3.05) is 49.1 Å². The van der Waals surface area contributed by atoms with Crippen molar-refractivity contribution in [3.8, 4) is 0 Å². The normalized spacial score (nSPS) is 14.5. The molecule has 25 heavy (non-hydrogen) atoms. The van der Waals surface area contributed by atoms with Gasteiger partial charge in [-0.3, -0.25) is 9.59 Å². The molecule has 138 valence electrons. The zero-order valence-electron chi connectivity index (χ0n) is 14.7. The van der Waals surface area contributed by atoms with Crippen LogP contribution in [0.2, 0.25) is 0 Å². The number of hydrogen-bond donors (Lipinski definition) is 1. The summed E-state index contributed by atoms with van der Waals surface area (Å²) in [4.78, 5) is 27.8. The van der Waals surface area contributed by atoms with Crippen LogP contribution in [0.25, 0.3) is 0 Å². The number of rotatable bonds is 8. The van der Waals surface area contributed by atoms with Crippen LogP contribution in [0, 0.1) is 5.82 Å². The van der Waals surface area contributed by atoms with E-state index in [2.05, 4.69) is 17.1 Å². The molecule has 0 unspecified atom stereocenters. The molecule has 0 radical (unpaired) electrons. The molecule has 1 aliphatic heterocycles. The van der Waals surface area contributed by atoms with E-state index in [9.17, 15) is 14.0 Å². The van der Waals surface area contributed by atoms with Crippen LogP contribution in [-0.2, 0) is 9.59 Å². The molecule has 1 aliphatic rings. The van der Waals surface area contributed by atoms with Gasteiger partial charge in [0.1, 0.15) is 5.82 Å². The van der Waals surface area contributed by atoms with E-state index in [-0.39, 0.29) is 17.6 Å². The van der Waals surface area contributed by atoms with Crippen molar-refractivity contribution in [2.24, 2.45) is 0 Å². The Morgan fingerprint density at radius 1 is 1.12 bits per heavy atom. The lowest BCUT2D eigenvalue weighted by atomic mass is 10.2. The SMILES string of the molecule is CCSCCC(=O)NCCC(=O)N1CCN(c2ccc(F)cc2)CC1. The summed E-state index contributed by atoms with van der Waals surface area (Å²) in [6.07, 6.45) is 0.840. The van der Waals surface area contributed by atoms with Crippen molar-refractivity contribution in [3.63, 3.8) is 0 Å². The summed E-state index contributed by atoms with van der Waals surface area (Å²) in [6, 6.07) is 6.43. The number of anilines is 1. The maximum atomic E-state index is 13.0. The summed E-state index contributed by atoms with van der Waals surface area (Å²) in [6.45, 7) is 5.23. The Bertz CT molecular complexity index is 560. The standard InChI is InChI=1S/C18H26FN3O2S/c1-2-25-14-8-17(23)20-9-7-18(24)22-12-10-21(11-13-22)16-5-3-15(19)4-6-16/h3-6H,2,7-14H2,1H3,(H,20,23). The number of thioether (sulfide) groups is 1. The Morgan fingerprint density at radius 2 is 1.80 bits per heavy atom. The molecule has 0 spiro atoms. The summed E-state index contributed by atoms with van der Waals surface area (Å²) < 4.78 is 13.0. The summed E-state index contributed by atoms with van der Waals surface area (Å²) >= 11 is 1.74. The van der Waals surface area contributed by atoms with Gasteiger partial charge in [-0.05, 0) is 30.0 Å². The van der Waals surface area contributed by atoms with E-state index in [1.54, 1.807) is 23.9 Å². The first kappa shape index (κ1) is 19.6. The van der Waals surface area contributed by atoms with Crippen LogP contribution >= 0.6 is 11.8 Å². The lowest BCUT2D eigenvalue weighted by Gasteiger charge is -2.36. The van der Waals surface area contributed by atoms with Gasteiger partial charge in [-0.25, -0.2) is 4.39 Å². The van der Waals surface area contributed by atoms with Crippen LogP contribution in [0.15, 0.2) is 24.3 Å². The third-order valence-electron chi connectivity index (χ3n) is 4.16. The highest BCUT2D eigenvalue weighted by molar-refractivity contribution is 7.99. The Kier molecular flexibility index (Phi) is 8.04. The van der Waals surface area contributed by atoms with Gasteiger partial charge in [-0.15, -0.1) is 0 Å². The fourth-order valence-corrected chi connectivity index (χ4v) is 3.35. The molecule has 0 atom stereocenters. The van der Waals surface area contributed by atoms with Gasteiger partial charge in [-0.1, -0.05) is 6.92 Å². The molecule has 1 heterocycles. The minimum Gasteiger partial charge on any atom is -0.368 e. The van der Waals surface area contributed by atoms with Crippen molar-refractivity contribution in [1.29, 1.82) is 0 Å². The molecule has 2 amide bonds. The second-order valence-corrected chi connectivity index (χ2v) is 7.28. The Morgan fingerprint density at radius 3 is 2.44 bits per heavy atom. The van der Waals surface area contributed by atoms with Gasteiger partial charge in [-0.2, -0.15) is 11.8 Å². The molecule has 1 fully saturated rings. The molecule has 0 bridgehead atoms. The van der Waals surface area contributed by atoms with Gasteiger partial charge in [0.05, 0.1) is 0 Å². The number of carbonyl (C=O) groups excluding carboxylic acids is 2. The predicted molar refractivity (Wildman–Crippen MR) is 100 cm³/mol. The number of hydrogen-bond acceptors (Lipinski definition) is 4. The molecule has 1 N–H and O–H groups in total. The Labute approximate surface area is 152 Å². The zero-order valence-corrected chi connectivity index (χ0v) is 15.5. The molecule has 7 heteroatoms. The van der Waals surface area contributed by atoms with Gasteiger partial charge < -0.3 is 15.1 Å². The van der Waals surface area contributed by atoms with Crippen molar-refractivity contribution < 1.29 is 14.0 Å². The maximum absolute atomic E-state index is 13.0. The van der Waals surface area contributed by atoms with E-state index in [0.29, 0.717) is 32.5 Å². The smallest absolute Gasteiger partial charge is 0.224 e. The van der Waals surface area contributed by atoms with Crippen molar-refractivity contribution in [1.82, 2.24) is 10.2 Å². The highest BCUT2D eigenvalue weighted by Crippen LogP contribution is 2.17. The number of amides is 2. The number of benzene rings is 1. The van der Waals surface area contributed by atoms with E-state index >= 15 is 0 Å². The van der Waals surface area contributed by atoms with Crippen LogP contribution in [0.1, 0.15) is 19.8 Å². The lowest BCUT2D eigenvalue weighted by molar-refractivity contribution is -0.131. The Balaban J connectivity index is 1.65. The topological polar surface area (TPSA) is 52.7 Å². The van der Waals surface area contributed by atoms with E-state index in [1.165, 1.54) is 12.1 Å². The highest BCUT2D eigenvalue weighted by Gasteiger charge is 2.21. The first-order chi connectivity index (χ1) is 12.1. The van der Waals surface area contributed by atoms with Crippen molar-refractivity contribution >= 4 is 29.3 Å². The van der Waals surface area contributed by atoms with Crippen LogP contribution in [-0.4, -0.2) is 60.9 Å². The van der Waals surface area contributed by atoms with Crippen LogP contribution < -0.4 is 10.2 Å². The first-order valence-electron chi connectivity index (χ1n) is 8.73. The number of halogens is 1. The molecule has 5 nitrogen and oxygen atoms in total. The summed E-state index contributed by atoms with van der Waals surface area (Å²) in [5.74, 6) is 1.67. The number of nitrogens with zero attached hydrogens (tertiary/aromatic N) is 2. The zero-order chi connectivity index (χ0) is 18.1. The summed E-state index contributed by atoms with van der Waals surface area (Å²) in [7, 11) is 0. The molecular weight excluding hydrogens is 341 g/mol. The minimum atomic E-state index is -0.243. The second kappa shape index (κ2) is 10.3. The van der Waals surface area contributed by atoms with Crippen LogP contribution in [0.3, 0.4) is 0 Å². The second-order valence-electron chi connectivity index (χ2n) is 5.89. The molecule has 1 aromatic rings. The van der Waals surface area contributed by atoms with E-state index in [0.717, 1.165) is 30.3 Å². The fourth-order valence-electron chi connectivity index (χ4n) is 2.73. The predicted octanol–water partition coefficient (Wildman–Crippen LogP) is 2.12. The minimum absolute atomic E-state index is 0.00915. The average Bonchev–Trinajstić information content (AvgIpc) is 2.63. The molecule has 1 aromatic carbocycles. The van der Waals surface area contributed by atoms with Gasteiger partial charge in [0, 0.05) is 57.0 Å². The molecular formula is C18H26FN3O2S. The summed E-state index contributed by atoms with van der Waals surface area (Å²) in [5, 5.41) is 2.81. The van der Waals surface area contributed by atoms with Crippen LogP contribution in [0.5, 0.6) is 0 Å². The molecule has 0 saturated carbocycles. The fraction of sp³-hybridized carbons (Fsp3) is 0.556. The van der Waals surface area contributed by atoms with Crippen molar-refractivity contribution in [3.05, 3.63) is 30.1 Å². The number of nitrogens with one attached hydrogen (secondary N) is 1. The molecule has 0 aliphatic carbocycles.